The van der Waals surface area contributed by atoms with Crippen LogP contribution in [0.25, 0.3) is 89.5 Å². The van der Waals surface area contributed by atoms with Crippen LogP contribution in [0.5, 0.6) is 0 Å². The summed E-state index contributed by atoms with van der Waals surface area (Å²) < 4.78 is 6.54. The van der Waals surface area contributed by atoms with E-state index in [4.69, 9.17) is 19.4 Å². The molecular formula is C48H33N3O. The van der Waals surface area contributed by atoms with Gasteiger partial charge in [0, 0.05) is 27.3 Å². The van der Waals surface area contributed by atoms with Gasteiger partial charge in [-0.05, 0) is 68.8 Å². The topological polar surface area (TPSA) is 51.8 Å². The molecule has 7 aromatic carbocycles. The number of nitrogens with zero attached hydrogens (tertiary/aromatic N) is 3. The van der Waals surface area contributed by atoms with E-state index in [1.54, 1.807) is 0 Å². The molecule has 0 unspecified atom stereocenters. The molecule has 4 heteroatoms. The smallest absolute Gasteiger partial charge is 0.167 e. The first-order valence-electron chi connectivity index (χ1n) is 17.7. The first-order chi connectivity index (χ1) is 25.5. The van der Waals surface area contributed by atoms with E-state index >= 15 is 0 Å². The number of furan rings is 1. The van der Waals surface area contributed by atoms with E-state index in [-0.39, 0.29) is 5.41 Å². The normalized spacial score (nSPS) is 13.0. The van der Waals surface area contributed by atoms with E-state index in [0.29, 0.717) is 17.5 Å². The standard InChI is InChI=1S/C48H33N3O/c1-48(2)41-25-11-9-19-33(41)35-21-13-23-38(43(35)48)46-49-45(50-47(51-46)39-24-14-22-36-34-20-10-12-26-42(34)52-44(36)39)37-28-27-32(30-15-5-3-6-16-30)29-40(37)31-17-7-4-8-18-31/h3-29H,1-2H3. The van der Waals surface area contributed by atoms with E-state index in [0.717, 1.165) is 60.9 Å². The molecule has 1 aliphatic rings. The molecule has 0 atom stereocenters. The highest BCUT2D eigenvalue weighted by atomic mass is 16.3. The van der Waals surface area contributed by atoms with E-state index in [2.05, 4.69) is 147 Å². The second-order valence-corrected chi connectivity index (χ2v) is 14.0. The molecule has 4 nitrogen and oxygen atoms in total. The van der Waals surface area contributed by atoms with Crippen molar-refractivity contribution in [1.82, 2.24) is 15.0 Å². The molecule has 0 spiro atoms. The van der Waals surface area contributed by atoms with Crippen LogP contribution in [0.3, 0.4) is 0 Å². The van der Waals surface area contributed by atoms with Crippen molar-refractivity contribution in [2.45, 2.75) is 19.3 Å². The third kappa shape index (κ3) is 4.72. The summed E-state index contributed by atoms with van der Waals surface area (Å²) in [6.45, 7) is 4.60. The minimum atomic E-state index is -0.249. The van der Waals surface area contributed by atoms with Crippen molar-refractivity contribution in [3.05, 3.63) is 175 Å². The van der Waals surface area contributed by atoms with Crippen molar-refractivity contribution >= 4 is 21.9 Å². The molecule has 0 N–H and O–H groups in total. The van der Waals surface area contributed by atoms with Crippen LogP contribution < -0.4 is 0 Å². The van der Waals surface area contributed by atoms with Gasteiger partial charge in [0.25, 0.3) is 0 Å². The van der Waals surface area contributed by atoms with E-state index in [1.165, 1.54) is 22.3 Å². The van der Waals surface area contributed by atoms with Gasteiger partial charge in [0.05, 0.1) is 5.56 Å². The zero-order chi connectivity index (χ0) is 34.8. The average Bonchev–Trinajstić information content (AvgIpc) is 3.70. The maximum atomic E-state index is 6.54. The third-order valence-electron chi connectivity index (χ3n) is 10.6. The number of fused-ring (bicyclic) bond motifs is 6. The summed E-state index contributed by atoms with van der Waals surface area (Å²) in [5.74, 6) is 1.82. The summed E-state index contributed by atoms with van der Waals surface area (Å²) in [7, 11) is 0. The molecule has 0 fully saturated rings. The van der Waals surface area contributed by atoms with Gasteiger partial charge in [-0.25, -0.2) is 15.0 Å². The zero-order valence-corrected chi connectivity index (χ0v) is 28.8. The molecule has 52 heavy (non-hydrogen) atoms. The number of para-hydroxylation sites is 2. The lowest BCUT2D eigenvalue weighted by molar-refractivity contribution is 0.661. The minimum Gasteiger partial charge on any atom is -0.455 e. The van der Waals surface area contributed by atoms with Crippen molar-refractivity contribution in [3.8, 4) is 67.5 Å². The summed E-state index contributed by atoms with van der Waals surface area (Å²) in [4.78, 5) is 16.0. The van der Waals surface area contributed by atoms with Gasteiger partial charge >= 0.3 is 0 Å². The Morgan fingerprint density at radius 1 is 0.404 bits per heavy atom. The van der Waals surface area contributed by atoms with Crippen LogP contribution in [-0.4, -0.2) is 15.0 Å². The highest BCUT2D eigenvalue weighted by molar-refractivity contribution is 6.09. The fourth-order valence-electron chi connectivity index (χ4n) is 8.10. The molecular weight excluding hydrogens is 635 g/mol. The molecule has 246 valence electrons. The van der Waals surface area contributed by atoms with Crippen LogP contribution in [0.4, 0.5) is 0 Å². The summed E-state index contributed by atoms with van der Waals surface area (Å²) in [6.07, 6.45) is 0. The monoisotopic (exact) mass is 667 g/mol. The second-order valence-electron chi connectivity index (χ2n) is 14.0. The summed E-state index contributed by atoms with van der Waals surface area (Å²) in [5.41, 5.74) is 13.6. The van der Waals surface area contributed by atoms with Crippen molar-refractivity contribution in [3.63, 3.8) is 0 Å². The van der Waals surface area contributed by atoms with E-state index < -0.39 is 0 Å². The number of rotatable bonds is 5. The zero-order valence-electron chi connectivity index (χ0n) is 28.8. The Labute approximate surface area is 302 Å². The van der Waals surface area contributed by atoms with Gasteiger partial charge in [-0.1, -0.05) is 153 Å². The Morgan fingerprint density at radius 2 is 0.981 bits per heavy atom. The lowest BCUT2D eigenvalue weighted by Crippen LogP contribution is -2.17. The van der Waals surface area contributed by atoms with Gasteiger partial charge in [0.2, 0.25) is 0 Å². The second kappa shape index (κ2) is 11.7. The van der Waals surface area contributed by atoms with Crippen LogP contribution in [0.15, 0.2) is 168 Å². The summed E-state index contributed by atoms with van der Waals surface area (Å²) in [6, 6.07) is 57.2. The van der Waals surface area contributed by atoms with Crippen LogP contribution in [0.1, 0.15) is 25.0 Å². The molecule has 9 aromatic rings. The van der Waals surface area contributed by atoms with Gasteiger partial charge in [-0.15, -0.1) is 0 Å². The van der Waals surface area contributed by atoms with Crippen molar-refractivity contribution in [2.75, 3.05) is 0 Å². The van der Waals surface area contributed by atoms with Crippen LogP contribution in [-0.2, 0) is 5.41 Å². The number of hydrogen-bond donors (Lipinski definition) is 0. The molecule has 0 radical (unpaired) electrons. The van der Waals surface area contributed by atoms with Crippen molar-refractivity contribution in [1.29, 1.82) is 0 Å². The first kappa shape index (κ1) is 30.2. The lowest BCUT2D eigenvalue weighted by atomic mass is 9.80. The predicted molar refractivity (Wildman–Crippen MR) is 212 cm³/mol. The fourth-order valence-corrected chi connectivity index (χ4v) is 8.10. The van der Waals surface area contributed by atoms with Gasteiger partial charge in [0.1, 0.15) is 11.2 Å². The predicted octanol–water partition coefficient (Wildman–Crippen LogP) is 12.4. The van der Waals surface area contributed by atoms with Crippen LogP contribution >= 0.6 is 0 Å². The fraction of sp³-hybridized carbons (Fsp3) is 0.0625. The van der Waals surface area contributed by atoms with Gasteiger partial charge < -0.3 is 4.42 Å². The van der Waals surface area contributed by atoms with E-state index in [1.807, 2.05) is 30.3 Å². The Morgan fingerprint density at radius 3 is 1.79 bits per heavy atom. The Hall–Kier alpha value is -6.65. The number of aromatic nitrogens is 3. The van der Waals surface area contributed by atoms with Crippen LogP contribution in [0.2, 0.25) is 0 Å². The third-order valence-corrected chi connectivity index (χ3v) is 10.6. The van der Waals surface area contributed by atoms with E-state index in [9.17, 15) is 0 Å². The Bertz CT molecular complexity index is 2820. The summed E-state index contributed by atoms with van der Waals surface area (Å²) in [5, 5.41) is 2.10. The first-order valence-corrected chi connectivity index (χ1v) is 17.7. The van der Waals surface area contributed by atoms with Gasteiger partial charge in [0.15, 0.2) is 17.5 Å². The SMILES string of the molecule is CC1(C)c2ccccc2-c2cccc(-c3nc(-c4ccc(-c5ccccc5)cc4-c4ccccc4)nc(-c4cccc5c4oc4ccccc45)n3)c21. The molecule has 0 bridgehead atoms. The lowest BCUT2D eigenvalue weighted by Gasteiger charge is -2.24. The molecule has 0 saturated heterocycles. The summed E-state index contributed by atoms with van der Waals surface area (Å²) >= 11 is 0. The average molecular weight is 668 g/mol. The molecule has 0 amide bonds. The van der Waals surface area contributed by atoms with Crippen molar-refractivity contribution in [2.24, 2.45) is 0 Å². The number of hydrogen-bond acceptors (Lipinski definition) is 4. The molecule has 2 heterocycles. The van der Waals surface area contributed by atoms with Gasteiger partial charge in [-0.3, -0.25) is 0 Å². The highest BCUT2D eigenvalue weighted by Gasteiger charge is 2.38. The molecule has 10 rings (SSSR count). The molecule has 2 aromatic heterocycles. The highest BCUT2D eigenvalue weighted by Crippen LogP contribution is 2.52. The van der Waals surface area contributed by atoms with Crippen molar-refractivity contribution < 1.29 is 4.42 Å². The molecule has 0 aliphatic heterocycles. The number of benzene rings is 7. The minimum absolute atomic E-state index is 0.249. The maximum Gasteiger partial charge on any atom is 0.167 e. The Balaban J connectivity index is 1.26. The molecule has 1 aliphatic carbocycles. The van der Waals surface area contributed by atoms with Gasteiger partial charge in [-0.2, -0.15) is 0 Å². The Kier molecular flexibility index (Phi) is 6.80. The maximum absolute atomic E-state index is 6.54. The van der Waals surface area contributed by atoms with Crippen LogP contribution in [0, 0.1) is 0 Å². The molecule has 0 saturated carbocycles. The largest absolute Gasteiger partial charge is 0.455 e. The quantitative estimate of drug-likeness (QED) is 0.183.